The lowest BCUT2D eigenvalue weighted by Gasteiger charge is -2.56. The van der Waals surface area contributed by atoms with Gasteiger partial charge in [0, 0.05) is 18.2 Å². The molecule has 2 fully saturated rings. The lowest BCUT2D eigenvalue weighted by atomic mass is 9.68. The van der Waals surface area contributed by atoms with Crippen LogP contribution in [0, 0.1) is 11.8 Å². The van der Waals surface area contributed by atoms with Crippen LogP contribution < -0.4 is 9.05 Å². The third-order valence-corrected chi connectivity index (χ3v) is 14.0. The molecule has 0 aromatic heterocycles. The van der Waals surface area contributed by atoms with Gasteiger partial charge in [-0.25, -0.2) is 4.67 Å². The second-order valence-electron chi connectivity index (χ2n) is 15.6. The van der Waals surface area contributed by atoms with Crippen molar-refractivity contribution in [1.29, 1.82) is 0 Å². The van der Waals surface area contributed by atoms with Crippen LogP contribution in [0.1, 0.15) is 155 Å². The molecule has 6 heteroatoms. The Balaban J connectivity index is 1.67. The van der Waals surface area contributed by atoms with Gasteiger partial charge in [0.25, 0.3) is 0 Å². The minimum Gasteiger partial charge on any atom is -0.425 e. The quantitative estimate of drug-likeness (QED) is 0.173. The summed E-state index contributed by atoms with van der Waals surface area (Å²) in [7, 11) is -1.40. The first kappa shape index (κ1) is 38.0. The molecule has 1 saturated heterocycles. The monoisotopic (exact) mass is 695 g/mol. The Morgan fingerprint density at radius 3 is 1.79 bits per heavy atom. The molecule has 2 aromatic rings. The number of rotatable bonds is 15. The van der Waals surface area contributed by atoms with E-state index in [0.29, 0.717) is 24.0 Å². The second kappa shape index (κ2) is 17.8. The lowest BCUT2D eigenvalue weighted by molar-refractivity contribution is -0.0606. The summed E-state index contributed by atoms with van der Waals surface area (Å²) >= 11 is 1.91. The van der Waals surface area contributed by atoms with Crippen LogP contribution in [0.4, 0.5) is 0 Å². The van der Waals surface area contributed by atoms with Gasteiger partial charge >= 0.3 is 8.53 Å². The van der Waals surface area contributed by atoms with Crippen LogP contribution in [0.5, 0.6) is 11.5 Å². The highest BCUT2D eigenvalue weighted by Crippen LogP contribution is 2.61. The first-order chi connectivity index (χ1) is 23.2. The average Bonchev–Trinajstić information content (AvgIpc) is 3.05. The Hall–Kier alpha value is -1.26. The van der Waals surface area contributed by atoms with Crippen LogP contribution in [-0.2, 0) is 30.4 Å². The van der Waals surface area contributed by atoms with E-state index in [1.165, 1.54) is 83.4 Å². The standard InChI is InChI=1S/C42H66NO3PS/c1-9-14-18-31-24-33(20-16-11-3)40-38(26-31)48-39-27-32(19-15-10-2)25-34(21-17-12-4)41(39)46-47(45-40)43-37-23-22-35(44-13-5)28-36(37)30(6)29-42(43,7)8/h24-27,30,35-37H,9-23,28-29H2,1-8H3. The first-order valence-electron chi connectivity index (χ1n) is 19.8. The van der Waals surface area contributed by atoms with E-state index in [1.54, 1.807) is 0 Å². The zero-order chi connectivity index (χ0) is 34.3. The van der Waals surface area contributed by atoms with Gasteiger partial charge < -0.3 is 13.8 Å². The van der Waals surface area contributed by atoms with Crippen molar-refractivity contribution in [3.8, 4) is 11.5 Å². The van der Waals surface area contributed by atoms with E-state index >= 15 is 0 Å². The predicted molar refractivity (Wildman–Crippen MR) is 206 cm³/mol. The highest BCUT2D eigenvalue weighted by Gasteiger charge is 2.53. The summed E-state index contributed by atoms with van der Waals surface area (Å²) in [6.07, 6.45) is 18.8. The average molecular weight is 696 g/mol. The van der Waals surface area contributed by atoms with Crippen molar-refractivity contribution in [2.45, 2.75) is 186 Å². The molecule has 0 bridgehead atoms. The molecular weight excluding hydrogens is 630 g/mol. The van der Waals surface area contributed by atoms with Crippen LogP contribution in [-0.4, -0.2) is 29.0 Å². The zero-order valence-corrected chi connectivity index (χ0v) is 33.4. The molecule has 2 heterocycles. The molecule has 0 amide bonds. The van der Waals surface area contributed by atoms with Gasteiger partial charge in [-0.2, -0.15) is 0 Å². The molecule has 268 valence electrons. The molecule has 3 aliphatic rings. The molecule has 0 N–H and O–H groups in total. The second-order valence-corrected chi connectivity index (χ2v) is 17.9. The van der Waals surface area contributed by atoms with Crippen LogP contribution in [0.3, 0.4) is 0 Å². The molecule has 5 rings (SSSR count). The Kier molecular flexibility index (Phi) is 14.1. The molecular formula is C42H66NO3PS. The number of aryl methyl sites for hydroxylation is 4. The van der Waals surface area contributed by atoms with E-state index in [9.17, 15) is 0 Å². The van der Waals surface area contributed by atoms with E-state index < -0.39 is 8.53 Å². The van der Waals surface area contributed by atoms with E-state index in [0.717, 1.165) is 69.5 Å². The normalized spacial score (nSPS) is 24.1. The summed E-state index contributed by atoms with van der Waals surface area (Å²) in [5, 5.41) is 0. The Bertz CT molecular complexity index is 1260. The number of unbranched alkanes of at least 4 members (excludes halogenated alkanes) is 4. The highest BCUT2D eigenvalue weighted by molar-refractivity contribution is 7.99. The van der Waals surface area contributed by atoms with Gasteiger partial charge in [0.2, 0.25) is 0 Å². The van der Waals surface area contributed by atoms with Gasteiger partial charge in [0.05, 0.1) is 15.9 Å². The summed E-state index contributed by atoms with van der Waals surface area (Å²) in [5.74, 6) is 3.41. The fourth-order valence-corrected chi connectivity index (χ4v) is 11.9. The predicted octanol–water partition coefficient (Wildman–Crippen LogP) is 12.9. The highest BCUT2D eigenvalue weighted by atomic mass is 32.2. The lowest BCUT2D eigenvalue weighted by Crippen LogP contribution is -2.59. The van der Waals surface area contributed by atoms with E-state index in [1.807, 2.05) is 11.8 Å². The van der Waals surface area contributed by atoms with Crippen molar-refractivity contribution in [3.63, 3.8) is 0 Å². The van der Waals surface area contributed by atoms with Crippen LogP contribution in [0.25, 0.3) is 0 Å². The van der Waals surface area contributed by atoms with Crippen molar-refractivity contribution in [2.24, 2.45) is 11.8 Å². The molecule has 1 aliphatic carbocycles. The van der Waals surface area contributed by atoms with Gasteiger partial charge in [-0.1, -0.05) is 84.2 Å². The number of ether oxygens (including phenoxy) is 1. The minimum absolute atomic E-state index is 0.0350. The maximum atomic E-state index is 7.49. The molecule has 2 aliphatic heterocycles. The molecule has 4 nitrogen and oxygen atoms in total. The summed E-state index contributed by atoms with van der Waals surface area (Å²) in [5.41, 5.74) is 5.63. The van der Waals surface area contributed by atoms with E-state index in [4.69, 9.17) is 13.8 Å². The first-order valence-corrected chi connectivity index (χ1v) is 21.7. The summed E-state index contributed by atoms with van der Waals surface area (Å²) in [4.78, 5) is 2.58. The molecule has 0 radical (unpaired) electrons. The van der Waals surface area contributed by atoms with E-state index in [-0.39, 0.29) is 5.54 Å². The van der Waals surface area contributed by atoms with Crippen LogP contribution in [0.2, 0.25) is 0 Å². The Labute approximate surface area is 299 Å². The van der Waals surface area contributed by atoms with Gasteiger partial charge in [-0.15, -0.1) is 0 Å². The van der Waals surface area contributed by atoms with E-state index in [2.05, 4.69) is 84.3 Å². The van der Waals surface area contributed by atoms with Gasteiger partial charge in [-0.05, 0) is 144 Å². The maximum Gasteiger partial charge on any atom is 0.385 e. The van der Waals surface area contributed by atoms with Crippen molar-refractivity contribution in [1.82, 2.24) is 4.67 Å². The largest absolute Gasteiger partial charge is 0.425 e. The molecule has 0 spiro atoms. The zero-order valence-electron chi connectivity index (χ0n) is 31.7. The number of hydrogen-bond acceptors (Lipinski definition) is 5. The van der Waals surface area contributed by atoms with Crippen LogP contribution in [0.15, 0.2) is 34.1 Å². The third-order valence-electron chi connectivity index (χ3n) is 11.1. The maximum absolute atomic E-state index is 7.49. The SMILES string of the molecule is CCCCc1cc(CCCC)c2c(c1)Sc1cc(CCCC)cc(CCCC)c1OP(N1C3CCC(OCC)CC3C(C)CC1(C)C)O2. The third kappa shape index (κ3) is 8.96. The number of piperidine rings is 1. The summed E-state index contributed by atoms with van der Waals surface area (Å²) < 4.78 is 24.0. The number of hydrogen-bond donors (Lipinski definition) is 0. The van der Waals surface area contributed by atoms with Crippen molar-refractivity contribution in [3.05, 3.63) is 46.5 Å². The van der Waals surface area contributed by atoms with Crippen molar-refractivity contribution >= 4 is 20.3 Å². The fourth-order valence-electron chi connectivity index (χ4n) is 8.62. The Morgan fingerprint density at radius 1 is 0.771 bits per heavy atom. The van der Waals surface area contributed by atoms with Crippen molar-refractivity contribution in [2.75, 3.05) is 6.61 Å². The summed E-state index contributed by atoms with van der Waals surface area (Å²) in [6.45, 7) is 19.6. The minimum atomic E-state index is -1.40. The topological polar surface area (TPSA) is 30.9 Å². The van der Waals surface area contributed by atoms with Gasteiger partial charge in [0.15, 0.2) is 0 Å². The number of nitrogens with zero attached hydrogens (tertiary/aromatic N) is 1. The Morgan fingerprint density at radius 2 is 1.29 bits per heavy atom. The van der Waals surface area contributed by atoms with Crippen molar-refractivity contribution < 1.29 is 13.8 Å². The summed E-state index contributed by atoms with van der Waals surface area (Å²) in [6, 6.07) is 10.3. The van der Waals surface area contributed by atoms with Crippen LogP contribution >= 0.6 is 20.3 Å². The van der Waals surface area contributed by atoms with Gasteiger partial charge in [-0.3, -0.25) is 0 Å². The smallest absolute Gasteiger partial charge is 0.385 e. The molecule has 4 atom stereocenters. The fraction of sp³-hybridized carbons (Fsp3) is 0.714. The number of fused-ring (bicyclic) bond motifs is 3. The molecule has 48 heavy (non-hydrogen) atoms. The molecule has 2 aromatic carbocycles. The molecule has 1 saturated carbocycles. The number of benzene rings is 2. The molecule has 4 unspecified atom stereocenters. The van der Waals surface area contributed by atoms with Gasteiger partial charge in [0.1, 0.15) is 11.5 Å².